The number of rotatable bonds is 4. The van der Waals surface area contributed by atoms with E-state index in [9.17, 15) is 4.79 Å². The van der Waals surface area contributed by atoms with Gasteiger partial charge in [0.25, 0.3) is 5.56 Å². The van der Waals surface area contributed by atoms with Crippen LogP contribution in [0.15, 0.2) is 47.3 Å². The van der Waals surface area contributed by atoms with Gasteiger partial charge >= 0.3 is 0 Å². The van der Waals surface area contributed by atoms with Crippen LogP contribution in [0.1, 0.15) is 19.4 Å². The molecule has 26 heavy (non-hydrogen) atoms. The molecule has 0 saturated carbocycles. The Morgan fingerprint density at radius 2 is 1.96 bits per heavy atom. The van der Waals surface area contributed by atoms with E-state index in [-0.39, 0.29) is 11.7 Å². The highest BCUT2D eigenvalue weighted by atomic mass is 32.1. The first-order valence-corrected chi connectivity index (χ1v) is 9.15. The molecule has 5 nitrogen and oxygen atoms in total. The van der Waals surface area contributed by atoms with E-state index < -0.39 is 0 Å². The lowest BCUT2D eigenvalue weighted by molar-refractivity contribution is 0.229. The Bertz CT molecular complexity index is 1210. The molecular weight excluding hydrogens is 348 g/mol. The summed E-state index contributed by atoms with van der Waals surface area (Å²) in [7, 11) is 1.61. The van der Waals surface area contributed by atoms with Gasteiger partial charge < -0.3 is 9.47 Å². The summed E-state index contributed by atoms with van der Waals surface area (Å²) in [4.78, 5) is 18.2. The zero-order valence-corrected chi connectivity index (χ0v) is 15.5. The molecule has 6 heteroatoms. The molecule has 0 unspecified atom stereocenters. The lowest BCUT2D eigenvalue weighted by atomic mass is 10.1. The lowest BCUT2D eigenvalue weighted by Crippen LogP contribution is -2.22. The van der Waals surface area contributed by atoms with Crippen molar-refractivity contribution < 1.29 is 9.47 Å². The molecule has 2 aromatic carbocycles. The van der Waals surface area contributed by atoms with Crippen LogP contribution in [0.25, 0.3) is 22.1 Å². The largest absolute Gasteiger partial charge is 0.493 e. The van der Waals surface area contributed by atoms with Gasteiger partial charge in [-0.2, -0.15) is 0 Å². The fraction of sp³-hybridized carbons (Fsp3) is 0.200. The van der Waals surface area contributed by atoms with E-state index in [4.69, 9.17) is 9.47 Å². The number of nitrogens with zero attached hydrogens (tertiary/aromatic N) is 2. The van der Waals surface area contributed by atoms with Crippen molar-refractivity contribution in [3.05, 3.63) is 62.9 Å². The van der Waals surface area contributed by atoms with Gasteiger partial charge in [0.05, 0.1) is 28.8 Å². The quantitative estimate of drug-likeness (QED) is 0.556. The van der Waals surface area contributed by atoms with Crippen LogP contribution < -0.4 is 19.6 Å². The molecule has 0 aliphatic heterocycles. The van der Waals surface area contributed by atoms with Crippen LogP contribution in [0.5, 0.6) is 11.5 Å². The van der Waals surface area contributed by atoms with E-state index in [1.54, 1.807) is 11.5 Å². The normalized spacial score (nSPS) is 12.4. The second-order valence-electron chi connectivity index (χ2n) is 6.18. The number of thiazole rings is 1. The smallest absolute Gasteiger partial charge is 0.274 e. The highest BCUT2D eigenvalue weighted by Crippen LogP contribution is 2.32. The van der Waals surface area contributed by atoms with Crippen LogP contribution in [0.3, 0.4) is 0 Å². The molecule has 0 aliphatic rings. The van der Waals surface area contributed by atoms with Gasteiger partial charge in [-0.1, -0.05) is 35.6 Å². The summed E-state index contributed by atoms with van der Waals surface area (Å²) in [6.07, 6.45) is 1.84. The first-order chi connectivity index (χ1) is 12.6. The van der Waals surface area contributed by atoms with Crippen LogP contribution in [0.2, 0.25) is 0 Å². The van der Waals surface area contributed by atoms with Crippen LogP contribution >= 0.6 is 11.3 Å². The summed E-state index contributed by atoms with van der Waals surface area (Å²) in [5.74, 6) is 1.28. The highest BCUT2D eigenvalue weighted by Gasteiger charge is 2.14. The van der Waals surface area contributed by atoms with Crippen LogP contribution in [-0.4, -0.2) is 22.6 Å². The molecule has 0 atom stereocenters. The van der Waals surface area contributed by atoms with E-state index in [0.29, 0.717) is 21.0 Å². The maximum absolute atomic E-state index is 12.9. The predicted octanol–water partition coefficient (Wildman–Crippen LogP) is 3.25. The maximum Gasteiger partial charge on any atom is 0.274 e. The van der Waals surface area contributed by atoms with Crippen molar-refractivity contribution in [2.75, 3.05) is 7.11 Å². The van der Waals surface area contributed by atoms with Crippen molar-refractivity contribution in [2.45, 2.75) is 20.0 Å². The molecule has 0 spiro atoms. The van der Waals surface area contributed by atoms with E-state index in [2.05, 4.69) is 4.98 Å². The minimum atomic E-state index is -0.0722. The van der Waals surface area contributed by atoms with E-state index in [0.717, 1.165) is 16.6 Å². The van der Waals surface area contributed by atoms with Crippen LogP contribution in [0, 0.1) is 0 Å². The Hall–Kier alpha value is -2.86. The number of fused-ring (bicyclic) bond motifs is 3. The summed E-state index contributed by atoms with van der Waals surface area (Å²) >= 11 is 1.37. The van der Waals surface area contributed by atoms with Gasteiger partial charge in [0.1, 0.15) is 0 Å². The van der Waals surface area contributed by atoms with Gasteiger partial charge in [-0.3, -0.25) is 4.79 Å². The van der Waals surface area contributed by atoms with Crippen molar-refractivity contribution in [3.8, 4) is 11.5 Å². The zero-order valence-electron chi connectivity index (χ0n) is 14.7. The molecule has 0 aliphatic carbocycles. The molecule has 2 aromatic heterocycles. The summed E-state index contributed by atoms with van der Waals surface area (Å²) in [6, 6.07) is 13.3. The monoisotopic (exact) mass is 366 g/mol. The van der Waals surface area contributed by atoms with Gasteiger partial charge in [-0.25, -0.2) is 9.38 Å². The Kier molecular flexibility index (Phi) is 4.12. The minimum Gasteiger partial charge on any atom is -0.493 e. The van der Waals surface area contributed by atoms with Crippen LogP contribution in [-0.2, 0) is 0 Å². The standard InChI is InChI=1S/C20H18N2O3S/c1-12(2)25-18-13(7-6-10-16(18)24-3)11-17-19(23)22-15-9-5-4-8-14(15)21-20(22)26-17/h4-12H,1-3H3. The molecular formula is C20H18N2O3S. The molecule has 0 saturated heterocycles. The fourth-order valence-electron chi connectivity index (χ4n) is 2.92. The van der Waals surface area contributed by atoms with Crippen molar-refractivity contribution in [1.29, 1.82) is 0 Å². The third-order valence-corrected chi connectivity index (χ3v) is 4.98. The second kappa shape index (κ2) is 6.46. The number of ether oxygens (including phenoxy) is 2. The van der Waals surface area contributed by atoms with Gasteiger partial charge in [-0.15, -0.1) is 0 Å². The molecule has 4 rings (SSSR count). The van der Waals surface area contributed by atoms with Gasteiger partial charge in [0.15, 0.2) is 16.5 Å². The van der Waals surface area contributed by atoms with Crippen molar-refractivity contribution in [2.24, 2.45) is 0 Å². The Morgan fingerprint density at radius 3 is 2.73 bits per heavy atom. The number of hydrogen-bond acceptors (Lipinski definition) is 5. The second-order valence-corrected chi connectivity index (χ2v) is 7.19. The van der Waals surface area contributed by atoms with Crippen molar-refractivity contribution >= 4 is 33.4 Å². The first-order valence-electron chi connectivity index (χ1n) is 8.34. The average Bonchev–Trinajstić information content (AvgIpc) is 3.12. The molecule has 132 valence electrons. The first kappa shape index (κ1) is 16.6. The molecule has 4 aromatic rings. The zero-order chi connectivity index (χ0) is 18.3. The molecule has 0 fully saturated rings. The fourth-order valence-corrected chi connectivity index (χ4v) is 3.90. The minimum absolute atomic E-state index is 0.00485. The third kappa shape index (κ3) is 2.72. The Balaban J connectivity index is 1.95. The average molecular weight is 366 g/mol. The SMILES string of the molecule is COc1cccc(C=c2sc3nc4ccccc4n3c2=O)c1OC(C)C. The number of imidazole rings is 1. The predicted molar refractivity (Wildman–Crippen MR) is 104 cm³/mol. The molecule has 0 radical (unpaired) electrons. The third-order valence-electron chi connectivity index (χ3n) is 4.01. The topological polar surface area (TPSA) is 52.8 Å². The molecule has 0 N–H and O–H groups in total. The number of hydrogen-bond donors (Lipinski definition) is 0. The van der Waals surface area contributed by atoms with Gasteiger partial charge in [0.2, 0.25) is 0 Å². The molecule has 0 amide bonds. The van der Waals surface area contributed by atoms with E-state index in [1.165, 1.54) is 11.3 Å². The number of aromatic nitrogens is 2. The molecule has 2 heterocycles. The number of methoxy groups -OCH3 is 1. The number of para-hydroxylation sites is 3. The Morgan fingerprint density at radius 1 is 1.15 bits per heavy atom. The summed E-state index contributed by atoms with van der Waals surface area (Å²) in [5, 5.41) is 0. The summed E-state index contributed by atoms with van der Waals surface area (Å²) in [6.45, 7) is 3.92. The van der Waals surface area contributed by atoms with Crippen molar-refractivity contribution in [1.82, 2.24) is 9.38 Å². The highest BCUT2D eigenvalue weighted by molar-refractivity contribution is 7.15. The van der Waals surface area contributed by atoms with E-state index in [1.807, 2.05) is 62.4 Å². The van der Waals surface area contributed by atoms with Crippen molar-refractivity contribution in [3.63, 3.8) is 0 Å². The van der Waals surface area contributed by atoms with Crippen LogP contribution in [0.4, 0.5) is 0 Å². The number of benzene rings is 2. The summed E-state index contributed by atoms with van der Waals surface area (Å²) in [5.41, 5.74) is 2.39. The van der Waals surface area contributed by atoms with E-state index >= 15 is 0 Å². The summed E-state index contributed by atoms with van der Waals surface area (Å²) < 4.78 is 13.6. The van der Waals surface area contributed by atoms with Gasteiger partial charge in [0, 0.05) is 5.56 Å². The lowest BCUT2D eigenvalue weighted by Gasteiger charge is -2.15. The Labute approximate surface area is 154 Å². The molecule has 0 bridgehead atoms. The maximum atomic E-state index is 12.9. The van der Waals surface area contributed by atoms with Gasteiger partial charge in [-0.05, 0) is 38.1 Å².